The smallest absolute Gasteiger partial charge is 0.872 e. The normalized spacial score (nSPS) is 10.9. The van der Waals surface area contributed by atoms with Gasteiger partial charge in [-0.05, 0) is 47.1 Å². The van der Waals surface area contributed by atoms with E-state index in [0.29, 0.717) is 33.4 Å². The number of allylic oxidation sites excluding steroid dienone is 3. The van der Waals surface area contributed by atoms with Crippen LogP contribution in [-0.2, 0) is 0 Å². The predicted octanol–water partition coefficient (Wildman–Crippen LogP) is 9.60. The zero-order valence-electron chi connectivity index (χ0n) is 35.4. The maximum Gasteiger partial charge on any atom is 3.00 e. The number of ketones is 3. The second-order valence-electron chi connectivity index (χ2n) is 14.0. The molecule has 0 aliphatic carbocycles. The molecule has 0 N–H and O–H groups in total. The molecule has 2 aromatic heterocycles. The minimum atomic E-state index is -0.264. The number of rotatable bonds is 9. The average molecular weight is 1000 g/mol. The Morgan fingerprint density at radius 2 is 0.530 bits per heavy atom. The molecule has 0 atom stereocenters. The minimum Gasteiger partial charge on any atom is -0.872 e. The summed E-state index contributed by atoms with van der Waals surface area (Å²) in [5, 5.41) is 37.5. The molecule has 0 spiro atoms. The fraction of sp³-hybridized carbons (Fsp3) is 0. The Morgan fingerprint density at radius 1 is 0.303 bits per heavy atom. The van der Waals surface area contributed by atoms with Gasteiger partial charge in [-0.25, -0.2) is 0 Å². The average Bonchev–Trinajstić information content (AvgIpc) is 3.38. The van der Waals surface area contributed by atoms with Gasteiger partial charge in [0, 0.05) is 39.9 Å². The Morgan fingerprint density at radius 3 is 0.773 bits per heavy atom. The summed E-state index contributed by atoms with van der Waals surface area (Å²) in [6, 6.07) is 64.7. The molecular formula is C57H41EuN2O6. The van der Waals surface area contributed by atoms with Gasteiger partial charge < -0.3 is 15.3 Å². The van der Waals surface area contributed by atoms with Crippen LogP contribution in [0.1, 0.15) is 47.8 Å². The van der Waals surface area contributed by atoms with E-state index >= 15 is 0 Å². The Balaban J connectivity index is 0.000000164. The van der Waals surface area contributed by atoms with Crippen molar-refractivity contribution in [1.29, 1.82) is 0 Å². The SMILES string of the molecule is O=C(/C=C(\[O-])c1ccccc1)c1ccccc1.O=C(/C=C(\[O-])c1ccccc1)c1ccccc1.O=C(/C=C(\[O-])c1ccccc1)c1ccccc1.[Eu+3].c1cnc2c(c1)ccc1cccnc12. The van der Waals surface area contributed by atoms with Gasteiger partial charge in [-0.15, -0.1) is 0 Å². The third-order valence-corrected chi connectivity index (χ3v) is 9.48. The van der Waals surface area contributed by atoms with Crippen LogP contribution in [0.3, 0.4) is 0 Å². The molecule has 9 aromatic rings. The van der Waals surface area contributed by atoms with Crippen molar-refractivity contribution in [3.63, 3.8) is 0 Å². The first-order valence-electron chi connectivity index (χ1n) is 20.5. The summed E-state index contributed by atoms with van der Waals surface area (Å²) in [6.45, 7) is 0. The third-order valence-electron chi connectivity index (χ3n) is 9.48. The van der Waals surface area contributed by atoms with Crippen LogP contribution in [0, 0.1) is 49.4 Å². The molecule has 0 fully saturated rings. The molecule has 0 saturated heterocycles. The van der Waals surface area contributed by atoms with Crippen molar-refractivity contribution < 1.29 is 79.1 Å². The van der Waals surface area contributed by atoms with Gasteiger partial charge in [0.2, 0.25) is 0 Å². The zero-order valence-corrected chi connectivity index (χ0v) is 37.8. The first-order valence-corrected chi connectivity index (χ1v) is 20.5. The van der Waals surface area contributed by atoms with Gasteiger partial charge >= 0.3 is 49.4 Å². The van der Waals surface area contributed by atoms with E-state index in [-0.39, 0.29) is 84.0 Å². The predicted molar refractivity (Wildman–Crippen MR) is 253 cm³/mol. The van der Waals surface area contributed by atoms with Crippen LogP contribution in [0.25, 0.3) is 39.1 Å². The van der Waals surface area contributed by atoms with Crippen LogP contribution in [0.2, 0.25) is 0 Å². The van der Waals surface area contributed by atoms with Gasteiger partial charge in [0.05, 0.1) is 11.0 Å². The van der Waals surface area contributed by atoms with Crippen molar-refractivity contribution >= 4 is 56.4 Å². The Bertz CT molecular complexity index is 2740. The molecule has 322 valence electrons. The van der Waals surface area contributed by atoms with E-state index in [0.717, 1.165) is 40.0 Å². The van der Waals surface area contributed by atoms with E-state index in [9.17, 15) is 29.7 Å². The number of fused-ring (bicyclic) bond motifs is 3. The second kappa shape index (κ2) is 26.4. The first-order chi connectivity index (χ1) is 31.8. The summed E-state index contributed by atoms with van der Waals surface area (Å²) >= 11 is 0. The molecule has 9 heteroatoms. The number of carbonyl (C=O) groups is 3. The molecule has 0 unspecified atom stereocenters. The molecule has 0 bridgehead atoms. The number of benzene rings is 7. The molecule has 0 radical (unpaired) electrons. The van der Waals surface area contributed by atoms with Crippen LogP contribution in [0.5, 0.6) is 0 Å². The molecule has 0 aliphatic heterocycles. The summed E-state index contributed by atoms with van der Waals surface area (Å²) in [5.41, 5.74) is 5.10. The molecule has 0 saturated carbocycles. The van der Waals surface area contributed by atoms with E-state index in [2.05, 4.69) is 34.2 Å². The van der Waals surface area contributed by atoms with Gasteiger partial charge in [0.25, 0.3) is 0 Å². The molecule has 7 aromatic carbocycles. The van der Waals surface area contributed by atoms with Crippen LogP contribution in [0.4, 0.5) is 0 Å². The fourth-order valence-corrected chi connectivity index (χ4v) is 6.15. The van der Waals surface area contributed by atoms with Gasteiger partial charge in [-0.1, -0.05) is 224 Å². The van der Waals surface area contributed by atoms with Crippen LogP contribution < -0.4 is 15.3 Å². The van der Waals surface area contributed by atoms with Gasteiger partial charge in [0.15, 0.2) is 17.3 Å². The quantitative estimate of drug-likeness (QED) is 0.0602. The summed E-state index contributed by atoms with van der Waals surface area (Å²) in [7, 11) is 0. The molecule has 0 amide bonds. The van der Waals surface area contributed by atoms with Gasteiger partial charge in [0.1, 0.15) is 0 Å². The van der Waals surface area contributed by atoms with Crippen molar-refractivity contribution in [3.8, 4) is 0 Å². The van der Waals surface area contributed by atoms with Gasteiger partial charge in [-0.3, -0.25) is 24.4 Å². The van der Waals surface area contributed by atoms with Crippen molar-refractivity contribution in [2.24, 2.45) is 0 Å². The Labute approximate surface area is 424 Å². The maximum atomic E-state index is 11.8. The Hall–Kier alpha value is -7.43. The second-order valence-corrected chi connectivity index (χ2v) is 14.0. The molecular weight excluding hydrogens is 961 g/mol. The topological polar surface area (TPSA) is 146 Å². The van der Waals surface area contributed by atoms with E-state index in [1.165, 1.54) is 0 Å². The fourth-order valence-electron chi connectivity index (χ4n) is 6.15. The number of nitrogens with zero attached hydrogens (tertiary/aromatic N) is 2. The molecule has 9 rings (SSSR count). The molecule has 2 heterocycles. The minimum absolute atomic E-state index is 0. The van der Waals surface area contributed by atoms with E-state index < -0.39 is 0 Å². The monoisotopic (exact) mass is 1000 g/mol. The number of carbonyl (C=O) groups excluding carboxylic acids is 3. The number of hydrogen-bond donors (Lipinski definition) is 0. The number of pyridine rings is 2. The Kier molecular flexibility index (Phi) is 19.8. The van der Waals surface area contributed by atoms with Crippen molar-refractivity contribution in [2.75, 3.05) is 0 Å². The maximum absolute atomic E-state index is 11.8. The molecule has 66 heavy (non-hydrogen) atoms. The third kappa shape index (κ3) is 15.1. The van der Waals surface area contributed by atoms with E-state index in [4.69, 9.17) is 0 Å². The summed E-state index contributed by atoms with van der Waals surface area (Å²) < 4.78 is 0. The number of hydrogen-bond acceptors (Lipinski definition) is 8. The van der Waals surface area contributed by atoms with Crippen LogP contribution in [-0.4, -0.2) is 27.3 Å². The standard InChI is InChI=1S/3C15H12O2.C12H8N2.Eu/c3*16-14(12-7-3-1-4-8-12)11-15(17)13-9-5-2-6-10-13;1-3-9-5-6-10-4-2-8-14-12(10)11(9)13-7-1;/h3*1-11,16H;1-8H;/q;;;;+3/p-3/b3*14-11-;;. The van der Waals surface area contributed by atoms with Gasteiger partial charge in [-0.2, -0.15) is 0 Å². The summed E-state index contributed by atoms with van der Waals surface area (Å²) in [6.07, 6.45) is 6.99. The zero-order chi connectivity index (χ0) is 45.6. The van der Waals surface area contributed by atoms with Crippen molar-refractivity contribution in [1.82, 2.24) is 9.97 Å². The molecule has 8 nitrogen and oxygen atoms in total. The number of aromatic nitrogens is 2. The van der Waals surface area contributed by atoms with Crippen LogP contribution >= 0.6 is 0 Å². The van der Waals surface area contributed by atoms with Crippen LogP contribution in [0.15, 0.2) is 249 Å². The largest absolute Gasteiger partial charge is 3.00 e. The summed E-state index contributed by atoms with van der Waals surface area (Å²) in [5.74, 6) is -1.59. The first kappa shape index (κ1) is 49.6. The van der Waals surface area contributed by atoms with E-state index in [1.54, 1.807) is 158 Å². The van der Waals surface area contributed by atoms with Crippen molar-refractivity contribution in [2.45, 2.75) is 0 Å². The molecule has 0 aliphatic rings. The van der Waals surface area contributed by atoms with Crippen molar-refractivity contribution in [3.05, 3.63) is 282 Å². The summed E-state index contributed by atoms with van der Waals surface area (Å²) in [4.78, 5) is 43.9. The van der Waals surface area contributed by atoms with E-state index in [1.807, 2.05) is 48.5 Å².